The minimum atomic E-state index is -0.862. The average Bonchev–Trinajstić information content (AvgIpc) is 2.66. The first-order valence-electron chi connectivity index (χ1n) is 5.94. The van der Waals surface area contributed by atoms with Crippen LogP contribution in [-0.2, 0) is 11.2 Å². The lowest BCUT2D eigenvalue weighted by Crippen LogP contribution is -2.16. The largest absolute Gasteiger partial charge is 0.462 e. The molecule has 4 heteroatoms. The Morgan fingerprint density at radius 3 is 2.76 bits per heavy atom. The van der Waals surface area contributed by atoms with E-state index in [1.807, 2.05) is 0 Å². The van der Waals surface area contributed by atoms with Crippen molar-refractivity contribution in [2.45, 2.75) is 46.1 Å². The molecule has 1 aromatic rings. The van der Waals surface area contributed by atoms with Crippen molar-refractivity contribution in [3.05, 3.63) is 22.1 Å². The first-order valence-corrected chi connectivity index (χ1v) is 6.73. The van der Waals surface area contributed by atoms with Gasteiger partial charge in [-0.1, -0.05) is 20.3 Å². The molecule has 3 nitrogen and oxygen atoms in total. The molecule has 0 bridgehead atoms. The van der Waals surface area contributed by atoms with Crippen LogP contribution < -0.4 is 0 Å². The monoisotopic (exact) mass is 302 g/mol. The van der Waals surface area contributed by atoms with Crippen molar-refractivity contribution in [1.82, 2.24) is 0 Å². The smallest absolute Gasteiger partial charge is 0.135 e. The summed E-state index contributed by atoms with van der Waals surface area (Å²) in [5.74, 6) is 0.828. The summed E-state index contributed by atoms with van der Waals surface area (Å²) >= 11 is 3.41. The van der Waals surface area contributed by atoms with Gasteiger partial charge in [0, 0.05) is 12.3 Å². The molecule has 0 aromatic carbocycles. The van der Waals surface area contributed by atoms with Crippen molar-refractivity contribution in [3.63, 3.8) is 0 Å². The molecule has 0 saturated heterocycles. The Bertz CT molecular complexity index is 384. The maximum Gasteiger partial charge on any atom is 0.135 e. The van der Waals surface area contributed by atoms with Crippen molar-refractivity contribution >= 4 is 21.7 Å². The number of aliphatic hydroxyl groups excluding tert-OH is 1. The SMILES string of the molecule is CCCCc1oc([C@@H](O)[C@H](C)C(C)=O)cc1Br. The highest BCUT2D eigenvalue weighted by Crippen LogP contribution is 2.30. The van der Waals surface area contributed by atoms with Crippen LogP contribution in [0.1, 0.15) is 51.2 Å². The first-order chi connectivity index (χ1) is 7.97. The fraction of sp³-hybridized carbons (Fsp3) is 0.615. The number of halogens is 1. The summed E-state index contributed by atoms with van der Waals surface area (Å²) in [5, 5.41) is 9.99. The highest BCUT2D eigenvalue weighted by atomic mass is 79.9. The zero-order chi connectivity index (χ0) is 13.0. The third kappa shape index (κ3) is 3.68. The molecule has 0 spiro atoms. The Morgan fingerprint density at radius 2 is 2.24 bits per heavy atom. The lowest BCUT2D eigenvalue weighted by Gasteiger charge is -2.13. The molecule has 0 saturated carbocycles. The van der Waals surface area contributed by atoms with Gasteiger partial charge >= 0.3 is 0 Å². The van der Waals surface area contributed by atoms with Gasteiger partial charge in [0.2, 0.25) is 0 Å². The van der Waals surface area contributed by atoms with E-state index in [1.54, 1.807) is 13.0 Å². The number of carbonyl (C=O) groups excluding carboxylic acids is 1. The molecule has 0 aliphatic rings. The van der Waals surface area contributed by atoms with Crippen LogP contribution in [0.25, 0.3) is 0 Å². The molecule has 0 aliphatic heterocycles. The Balaban J connectivity index is 2.81. The maximum atomic E-state index is 11.2. The van der Waals surface area contributed by atoms with Crippen LogP contribution in [0.15, 0.2) is 15.0 Å². The van der Waals surface area contributed by atoms with Gasteiger partial charge in [0.1, 0.15) is 23.4 Å². The van der Waals surface area contributed by atoms with E-state index in [-0.39, 0.29) is 5.78 Å². The second-order valence-corrected chi connectivity index (χ2v) is 5.22. The molecule has 0 aliphatic carbocycles. The second kappa shape index (κ2) is 6.36. The average molecular weight is 303 g/mol. The van der Waals surface area contributed by atoms with Crippen LogP contribution in [0.4, 0.5) is 0 Å². The Kier molecular flexibility index (Phi) is 5.40. The minimum Gasteiger partial charge on any atom is -0.462 e. The van der Waals surface area contributed by atoms with E-state index in [2.05, 4.69) is 22.9 Å². The van der Waals surface area contributed by atoms with E-state index in [9.17, 15) is 9.90 Å². The van der Waals surface area contributed by atoms with E-state index < -0.39 is 12.0 Å². The number of unbranched alkanes of at least 4 members (excludes halogenated alkanes) is 1. The van der Waals surface area contributed by atoms with E-state index in [0.717, 1.165) is 29.5 Å². The number of ketones is 1. The quantitative estimate of drug-likeness (QED) is 0.873. The number of Topliss-reactive ketones (excluding diaryl/α,β-unsaturated/α-hetero) is 1. The van der Waals surface area contributed by atoms with Crippen LogP contribution in [0.3, 0.4) is 0 Å². The summed E-state index contributed by atoms with van der Waals surface area (Å²) in [6.07, 6.45) is 2.12. The molecule has 0 amide bonds. The number of rotatable bonds is 6. The van der Waals surface area contributed by atoms with E-state index >= 15 is 0 Å². The number of furan rings is 1. The fourth-order valence-electron chi connectivity index (χ4n) is 1.55. The molecule has 0 unspecified atom stereocenters. The van der Waals surface area contributed by atoms with Crippen molar-refractivity contribution < 1.29 is 14.3 Å². The summed E-state index contributed by atoms with van der Waals surface area (Å²) in [7, 11) is 0. The van der Waals surface area contributed by atoms with Gasteiger partial charge in [-0.3, -0.25) is 4.79 Å². The number of hydrogen-bond donors (Lipinski definition) is 1. The van der Waals surface area contributed by atoms with Crippen LogP contribution in [0.2, 0.25) is 0 Å². The molecule has 0 fully saturated rings. The zero-order valence-corrected chi connectivity index (χ0v) is 12.1. The van der Waals surface area contributed by atoms with Gasteiger partial charge in [-0.2, -0.15) is 0 Å². The van der Waals surface area contributed by atoms with E-state index in [1.165, 1.54) is 6.92 Å². The third-order valence-electron chi connectivity index (χ3n) is 2.94. The second-order valence-electron chi connectivity index (χ2n) is 4.37. The van der Waals surface area contributed by atoms with Gasteiger partial charge in [0.05, 0.1) is 4.47 Å². The van der Waals surface area contributed by atoms with E-state index in [4.69, 9.17) is 4.42 Å². The van der Waals surface area contributed by atoms with Crippen molar-refractivity contribution in [3.8, 4) is 0 Å². The van der Waals surface area contributed by atoms with Crippen molar-refractivity contribution in [1.29, 1.82) is 0 Å². The third-order valence-corrected chi connectivity index (χ3v) is 3.61. The Hall–Kier alpha value is -0.610. The van der Waals surface area contributed by atoms with Gasteiger partial charge in [-0.15, -0.1) is 0 Å². The van der Waals surface area contributed by atoms with Crippen LogP contribution in [0.5, 0.6) is 0 Å². The molecule has 1 rings (SSSR count). The maximum absolute atomic E-state index is 11.2. The standard InChI is InChI=1S/C13H19BrO3/c1-4-5-6-11-10(14)7-12(17-11)13(16)8(2)9(3)15/h7-8,13,16H,4-6H2,1-3H3/t8-,13+/m1/s1. The summed E-state index contributed by atoms with van der Waals surface area (Å²) in [6, 6.07) is 1.76. The van der Waals surface area contributed by atoms with E-state index in [0.29, 0.717) is 5.76 Å². The van der Waals surface area contributed by atoms with Gasteiger partial charge in [-0.25, -0.2) is 0 Å². The lowest BCUT2D eigenvalue weighted by molar-refractivity contribution is -0.124. The summed E-state index contributed by atoms with van der Waals surface area (Å²) in [6.45, 7) is 5.30. The lowest BCUT2D eigenvalue weighted by atomic mass is 9.99. The normalized spacial score (nSPS) is 14.6. The number of aliphatic hydroxyl groups is 1. The predicted molar refractivity (Wildman–Crippen MR) is 69.8 cm³/mol. The minimum absolute atomic E-state index is 0.0415. The van der Waals surface area contributed by atoms with Crippen molar-refractivity contribution in [2.75, 3.05) is 0 Å². The van der Waals surface area contributed by atoms with Crippen LogP contribution in [0, 0.1) is 5.92 Å². The molecule has 1 N–H and O–H groups in total. The number of aryl methyl sites for hydroxylation is 1. The molecule has 96 valence electrons. The summed E-state index contributed by atoms with van der Waals surface area (Å²) < 4.78 is 6.47. The Morgan fingerprint density at radius 1 is 1.59 bits per heavy atom. The Labute approximate surface area is 110 Å². The number of hydrogen-bond acceptors (Lipinski definition) is 3. The number of carbonyl (C=O) groups is 1. The highest BCUT2D eigenvalue weighted by molar-refractivity contribution is 9.10. The molecule has 17 heavy (non-hydrogen) atoms. The van der Waals surface area contributed by atoms with Gasteiger partial charge < -0.3 is 9.52 Å². The topological polar surface area (TPSA) is 50.4 Å². The molecule has 1 aromatic heterocycles. The molecule has 0 radical (unpaired) electrons. The molecule has 1 heterocycles. The van der Waals surface area contributed by atoms with Gasteiger partial charge in [0.15, 0.2) is 0 Å². The highest BCUT2D eigenvalue weighted by Gasteiger charge is 2.24. The van der Waals surface area contributed by atoms with Crippen LogP contribution >= 0.6 is 15.9 Å². The van der Waals surface area contributed by atoms with Crippen LogP contribution in [-0.4, -0.2) is 10.9 Å². The molecular formula is C13H19BrO3. The summed E-state index contributed by atoms with van der Waals surface area (Å²) in [5.41, 5.74) is 0. The van der Waals surface area contributed by atoms with Gasteiger partial charge in [0.25, 0.3) is 0 Å². The van der Waals surface area contributed by atoms with Gasteiger partial charge in [-0.05, 0) is 35.3 Å². The fourth-order valence-corrected chi connectivity index (χ4v) is 2.05. The molecular weight excluding hydrogens is 284 g/mol. The molecule has 2 atom stereocenters. The van der Waals surface area contributed by atoms with Crippen molar-refractivity contribution in [2.24, 2.45) is 5.92 Å². The summed E-state index contributed by atoms with van der Waals surface area (Å²) in [4.78, 5) is 11.2. The zero-order valence-electron chi connectivity index (χ0n) is 10.5. The first kappa shape index (κ1) is 14.5. The predicted octanol–water partition coefficient (Wildman–Crippen LogP) is 3.64.